The van der Waals surface area contributed by atoms with Gasteiger partial charge in [0.15, 0.2) is 11.5 Å². The minimum absolute atomic E-state index is 0.235. The van der Waals surface area contributed by atoms with Crippen LogP contribution in [0.25, 0.3) is 0 Å². The topological polar surface area (TPSA) is 76.1 Å². The van der Waals surface area contributed by atoms with Gasteiger partial charge >= 0.3 is 0 Å². The van der Waals surface area contributed by atoms with E-state index in [-0.39, 0.29) is 11.6 Å². The molecule has 1 aromatic heterocycles. The Labute approximate surface area is 162 Å². The first-order valence-electron chi connectivity index (χ1n) is 8.34. The van der Waals surface area contributed by atoms with Crippen molar-refractivity contribution >= 4 is 29.0 Å². The Morgan fingerprint density at radius 3 is 2.63 bits per heavy atom. The Balaban J connectivity index is 1.64. The van der Waals surface area contributed by atoms with Gasteiger partial charge in [-0.05, 0) is 42.8 Å². The molecule has 1 amide bonds. The minimum Gasteiger partial charge on any atom is -0.496 e. The summed E-state index contributed by atoms with van der Waals surface area (Å²) in [4.78, 5) is 12.3. The fourth-order valence-electron chi connectivity index (χ4n) is 2.52. The number of carbonyl (C=O) groups is 1. The van der Waals surface area contributed by atoms with Crippen LogP contribution in [0.3, 0.4) is 0 Å². The third-order valence-electron chi connectivity index (χ3n) is 4.06. The molecule has 0 spiro atoms. The molecule has 0 bridgehead atoms. The SMILES string of the molecule is COc1ccccc1CNC(=O)c1ccc(Nc2cccc(Cl)c2C)nn1. The highest BCUT2D eigenvalue weighted by atomic mass is 35.5. The molecule has 6 nitrogen and oxygen atoms in total. The molecule has 0 unspecified atom stereocenters. The summed E-state index contributed by atoms with van der Waals surface area (Å²) in [6.07, 6.45) is 0. The lowest BCUT2D eigenvalue weighted by atomic mass is 10.2. The van der Waals surface area contributed by atoms with Crippen molar-refractivity contribution < 1.29 is 9.53 Å². The van der Waals surface area contributed by atoms with Gasteiger partial charge in [0.1, 0.15) is 5.75 Å². The maximum Gasteiger partial charge on any atom is 0.272 e. The number of methoxy groups -OCH3 is 1. The smallest absolute Gasteiger partial charge is 0.272 e. The summed E-state index contributed by atoms with van der Waals surface area (Å²) < 4.78 is 5.28. The first kappa shape index (κ1) is 18.7. The van der Waals surface area contributed by atoms with Gasteiger partial charge in [-0.2, -0.15) is 0 Å². The highest BCUT2D eigenvalue weighted by Gasteiger charge is 2.10. The third kappa shape index (κ3) is 4.54. The summed E-state index contributed by atoms with van der Waals surface area (Å²) in [7, 11) is 1.60. The van der Waals surface area contributed by atoms with Gasteiger partial charge in [-0.1, -0.05) is 35.9 Å². The van der Waals surface area contributed by atoms with Crippen LogP contribution in [0.1, 0.15) is 21.6 Å². The molecular formula is C20H19ClN4O2. The molecule has 0 fully saturated rings. The molecule has 0 aliphatic rings. The molecule has 27 heavy (non-hydrogen) atoms. The van der Waals surface area contributed by atoms with Crippen molar-refractivity contribution in [3.63, 3.8) is 0 Å². The van der Waals surface area contributed by atoms with Crippen LogP contribution < -0.4 is 15.4 Å². The second-order valence-corrected chi connectivity index (χ2v) is 6.24. The Morgan fingerprint density at radius 2 is 1.89 bits per heavy atom. The van der Waals surface area contributed by atoms with E-state index in [4.69, 9.17) is 16.3 Å². The van der Waals surface area contributed by atoms with E-state index in [1.165, 1.54) is 0 Å². The van der Waals surface area contributed by atoms with Gasteiger partial charge in [0, 0.05) is 22.8 Å². The van der Waals surface area contributed by atoms with Crippen LogP contribution in [0, 0.1) is 6.92 Å². The second kappa shape index (κ2) is 8.51. The molecule has 1 heterocycles. The molecule has 2 aromatic carbocycles. The molecule has 3 aromatic rings. The van der Waals surface area contributed by atoms with Gasteiger partial charge < -0.3 is 15.4 Å². The van der Waals surface area contributed by atoms with E-state index in [0.717, 1.165) is 22.6 Å². The average molecular weight is 383 g/mol. The van der Waals surface area contributed by atoms with Crippen LogP contribution in [0.4, 0.5) is 11.5 Å². The van der Waals surface area contributed by atoms with Gasteiger partial charge in [0.05, 0.1) is 7.11 Å². The molecule has 0 saturated heterocycles. The van der Waals surface area contributed by atoms with Gasteiger partial charge in [0.25, 0.3) is 5.91 Å². The number of nitrogens with one attached hydrogen (secondary N) is 2. The van der Waals surface area contributed by atoms with Crippen molar-refractivity contribution in [2.45, 2.75) is 13.5 Å². The predicted molar refractivity (Wildman–Crippen MR) is 106 cm³/mol. The van der Waals surface area contributed by atoms with Crippen LogP contribution in [-0.4, -0.2) is 23.2 Å². The van der Waals surface area contributed by atoms with E-state index in [0.29, 0.717) is 17.4 Å². The number of hydrogen-bond acceptors (Lipinski definition) is 5. The first-order valence-corrected chi connectivity index (χ1v) is 8.72. The average Bonchev–Trinajstić information content (AvgIpc) is 2.70. The zero-order valence-electron chi connectivity index (χ0n) is 15.0. The summed E-state index contributed by atoms with van der Waals surface area (Å²) in [6, 6.07) is 16.4. The number of anilines is 2. The van der Waals surface area contributed by atoms with E-state index in [1.807, 2.05) is 49.4 Å². The molecule has 2 N–H and O–H groups in total. The number of rotatable bonds is 6. The maximum atomic E-state index is 12.3. The largest absolute Gasteiger partial charge is 0.496 e. The maximum absolute atomic E-state index is 12.3. The second-order valence-electron chi connectivity index (χ2n) is 5.84. The first-order chi connectivity index (χ1) is 13.1. The zero-order chi connectivity index (χ0) is 19.2. The van der Waals surface area contributed by atoms with E-state index < -0.39 is 0 Å². The molecule has 0 radical (unpaired) electrons. The lowest BCUT2D eigenvalue weighted by molar-refractivity contribution is 0.0944. The molecule has 3 rings (SSSR count). The number of nitrogens with zero attached hydrogens (tertiary/aromatic N) is 2. The zero-order valence-corrected chi connectivity index (χ0v) is 15.7. The van der Waals surface area contributed by atoms with Crippen molar-refractivity contribution in [1.82, 2.24) is 15.5 Å². The number of amides is 1. The number of carbonyl (C=O) groups excluding carboxylic acids is 1. The number of benzene rings is 2. The molecular weight excluding hydrogens is 364 g/mol. The summed E-state index contributed by atoms with van der Waals surface area (Å²) in [5, 5.41) is 14.7. The van der Waals surface area contributed by atoms with Gasteiger partial charge in [-0.15, -0.1) is 10.2 Å². The molecule has 0 atom stereocenters. The normalized spacial score (nSPS) is 10.3. The van der Waals surface area contributed by atoms with Crippen molar-refractivity contribution in [3.05, 3.63) is 76.4 Å². The monoisotopic (exact) mass is 382 g/mol. The lowest BCUT2D eigenvalue weighted by Crippen LogP contribution is -2.24. The van der Waals surface area contributed by atoms with Crippen LogP contribution in [-0.2, 0) is 6.54 Å². The van der Waals surface area contributed by atoms with E-state index >= 15 is 0 Å². The molecule has 0 saturated carbocycles. The molecule has 7 heteroatoms. The molecule has 138 valence electrons. The van der Waals surface area contributed by atoms with Gasteiger partial charge in [0.2, 0.25) is 0 Å². The van der Waals surface area contributed by atoms with Crippen LogP contribution >= 0.6 is 11.6 Å². The Kier molecular flexibility index (Phi) is 5.88. The fraction of sp³-hybridized carbons (Fsp3) is 0.150. The Bertz CT molecular complexity index is 945. The highest BCUT2D eigenvalue weighted by Crippen LogP contribution is 2.25. The Morgan fingerprint density at radius 1 is 1.07 bits per heavy atom. The number of halogens is 1. The van der Waals surface area contributed by atoms with Gasteiger partial charge in [-0.25, -0.2) is 0 Å². The highest BCUT2D eigenvalue weighted by molar-refractivity contribution is 6.31. The van der Waals surface area contributed by atoms with E-state index in [2.05, 4.69) is 20.8 Å². The fourth-order valence-corrected chi connectivity index (χ4v) is 2.69. The van der Waals surface area contributed by atoms with Crippen molar-refractivity contribution in [3.8, 4) is 5.75 Å². The van der Waals surface area contributed by atoms with Crippen molar-refractivity contribution in [1.29, 1.82) is 0 Å². The van der Waals surface area contributed by atoms with Crippen LogP contribution in [0.2, 0.25) is 5.02 Å². The summed E-state index contributed by atoms with van der Waals surface area (Å²) in [5.41, 5.74) is 2.87. The number of aromatic nitrogens is 2. The third-order valence-corrected chi connectivity index (χ3v) is 4.47. The van der Waals surface area contributed by atoms with Crippen molar-refractivity contribution in [2.24, 2.45) is 0 Å². The summed E-state index contributed by atoms with van der Waals surface area (Å²) in [5.74, 6) is 0.945. The quantitative estimate of drug-likeness (QED) is 0.670. The number of ether oxygens (including phenoxy) is 1. The Hall–Kier alpha value is -3.12. The van der Waals surface area contributed by atoms with Gasteiger partial charge in [-0.3, -0.25) is 4.79 Å². The van der Waals surface area contributed by atoms with Crippen molar-refractivity contribution in [2.75, 3.05) is 12.4 Å². The standard InChI is InChI=1S/C20H19ClN4O2/c1-13-15(21)7-5-8-16(13)23-19-11-10-17(24-25-19)20(26)22-12-14-6-3-4-9-18(14)27-2/h3-11H,12H2,1-2H3,(H,22,26)(H,23,25). The predicted octanol–water partition coefficient (Wildman–Crippen LogP) is 4.12. The number of hydrogen-bond donors (Lipinski definition) is 2. The van der Waals surface area contributed by atoms with Crippen LogP contribution in [0.5, 0.6) is 5.75 Å². The minimum atomic E-state index is -0.307. The van der Waals surface area contributed by atoms with E-state index in [1.54, 1.807) is 19.2 Å². The lowest BCUT2D eigenvalue weighted by Gasteiger charge is -2.10. The molecule has 0 aliphatic carbocycles. The molecule has 0 aliphatic heterocycles. The summed E-state index contributed by atoms with van der Waals surface area (Å²) >= 11 is 6.12. The van der Waals surface area contributed by atoms with Crippen LogP contribution in [0.15, 0.2) is 54.6 Å². The van der Waals surface area contributed by atoms with E-state index in [9.17, 15) is 4.79 Å². The number of para-hydroxylation sites is 1. The summed E-state index contributed by atoms with van der Waals surface area (Å²) in [6.45, 7) is 2.25.